The van der Waals surface area contributed by atoms with E-state index in [1.807, 2.05) is 6.08 Å². The van der Waals surface area contributed by atoms with E-state index < -0.39 is 0 Å². The molecule has 110 valence electrons. The molecule has 2 heterocycles. The van der Waals surface area contributed by atoms with Crippen molar-refractivity contribution in [2.24, 2.45) is 5.92 Å². The van der Waals surface area contributed by atoms with E-state index in [0.29, 0.717) is 17.9 Å². The van der Waals surface area contributed by atoms with Gasteiger partial charge in [-0.15, -0.1) is 6.58 Å². The number of nitrogens with one attached hydrogen (secondary N) is 1. The van der Waals surface area contributed by atoms with Crippen molar-refractivity contribution >= 4 is 23.5 Å². The molecule has 3 heteroatoms. The van der Waals surface area contributed by atoms with Gasteiger partial charge in [0.15, 0.2) is 0 Å². The molecular weight excluding hydrogens is 276 g/mol. The number of piperidine rings is 1. The van der Waals surface area contributed by atoms with Gasteiger partial charge < -0.3 is 4.98 Å². The van der Waals surface area contributed by atoms with Gasteiger partial charge in [-0.2, -0.15) is 12.6 Å². The molecule has 1 N–H and O–H groups in total. The summed E-state index contributed by atoms with van der Waals surface area (Å²) in [6, 6.07) is 7.35. The summed E-state index contributed by atoms with van der Waals surface area (Å²) < 4.78 is 0. The highest BCUT2D eigenvalue weighted by atomic mass is 32.1. The second-order valence-electron chi connectivity index (χ2n) is 6.49. The second kappa shape index (κ2) is 5.22. The predicted molar refractivity (Wildman–Crippen MR) is 92.3 cm³/mol. The Kier molecular flexibility index (Phi) is 3.35. The molecule has 1 aromatic carbocycles. The molecule has 0 bridgehead atoms. The molecule has 1 saturated heterocycles. The topological polar surface area (TPSA) is 19.0 Å². The van der Waals surface area contributed by atoms with Crippen LogP contribution in [0, 0.1) is 5.92 Å². The molecule has 0 amide bonds. The zero-order valence-corrected chi connectivity index (χ0v) is 13.2. The molecule has 1 fully saturated rings. The van der Waals surface area contributed by atoms with Crippen LogP contribution in [0.5, 0.6) is 0 Å². The van der Waals surface area contributed by atoms with Crippen LogP contribution in [0.3, 0.4) is 0 Å². The van der Waals surface area contributed by atoms with E-state index in [0.717, 1.165) is 25.3 Å². The summed E-state index contributed by atoms with van der Waals surface area (Å²) in [5.74, 6) is 2.31. The van der Waals surface area contributed by atoms with Crippen molar-refractivity contribution in [2.45, 2.75) is 24.8 Å². The Labute approximate surface area is 131 Å². The number of aromatic amines is 1. The average Bonchev–Trinajstić information content (AvgIpc) is 2.93. The van der Waals surface area contributed by atoms with Gasteiger partial charge in [0.25, 0.3) is 0 Å². The SMILES string of the molecule is C=CCN1CC(CS)CC2c3cccc4[nH]cc(c34)CC21. The first-order valence-electron chi connectivity index (χ1n) is 7.86. The van der Waals surface area contributed by atoms with Crippen molar-refractivity contribution in [2.75, 3.05) is 18.8 Å². The normalized spacial score (nSPS) is 28.5. The van der Waals surface area contributed by atoms with Crippen molar-refractivity contribution in [3.8, 4) is 0 Å². The van der Waals surface area contributed by atoms with E-state index in [-0.39, 0.29) is 0 Å². The predicted octanol–water partition coefficient (Wildman–Crippen LogP) is 3.61. The maximum absolute atomic E-state index is 4.57. The monoisotopic (exact) mass is 298 g/mol. The summed E-state index contributed by atoms with van der Waals surface area (Å²) in [7, 11) is 0. The Morgan fingerprint density at radius 1 is 1.43 bits per heavy atom. The fourth-order valence-electron chi connectivity index (χ4n) is 4.41. The fraction of sp³-hybridized carbons (Fsp3) is 0.444. The fourth-order valence-corrected chi connectivity index (χ4v) is 4.67. The van der Waals surface area contributed by atoms with Crippen LogP contribution in [-0.2, 0) is 6.42 Å². The number of hydrogen-bond acceptors (Lipinski definition) is 2. The first-order chi connectivity index (χ1) is 10.3. The zero-order chi connectivity index (χ0) is 14.4. The maximum atomic E-state index is 4.57. The first kappa shape index (κ1) is 13.5. The summed E-state index contributed by atoms with van der Waals surface area (Å²) in [6.45, 7) is 6.10. The number of benzene rings is 1. The highest BCUT2D eigenvalue weighted by Crippen LogP contribution is 2.44. The number of hydrogen-bond donors (Lipinski definition) is 2. The van der Waals surface area contributed by atoms with Crippen molar-refractivity contribution in [3.05, 3.63) is 48.2 Å². The van der Waals surface area contributed by atoms with Crippen molar-refractivity contribution in [1.29, 1.82) is 0 Å². The molecule has 3 atom stereocenters. The molecule has 0 spiro atoms. The number of nitrogens with zero attached hydrogens (tertiary/aromatic N) is 1. The van der Waals surface area contributed by atoms with E-state index in [4.69, 9.17) is 0 Å². The molecule has 4 rings (SSSR count). The van der Waals surface area contributed by atoms with Crippen LogP contribution in [-0.4, -0.2) is 34.8 Å². The highest BCUT2D eigenvalue weighted by Gasteiger charge is 2.39. The van der Waals surface area contributed by atoms with Crippen LogP contribution in [0.15, 0.2) is 37.1 Å². The average molecular weight is 298 g/mol. The Bertz CT molecular complexity index is 675. The summed E-state index contributed by atoms with van der Waals surface area (Å²) in [4.78, 5) is 6.07. The molecule has 1 aliphatic carbocycles. The number of fused-ring (bicyclic) bond motifs is 2. The standard InChI is InChI=1S/C18H22N2S/c1-2-6-20-10-12(11-21)7-15-14-4-3-5-16-18(14)13(9-19-16)8-17(15)20/h2-5,9,12,15,17,19,21H,1,6-8,10-11H2. The van der Waals surface area contributed by atoms with Crippen LogP contribution >= 0.6 is 12.6 Å². The van der Waals surface area contributed by atoms with Gasteiger partial charge in [-0.25, -0.2) is 0 Å². The number of rotatable bonds is 3. The summed E-state index contributed by atoms with van der Waals surface area (Å²) in [5, 5.41) is 1.48. The van der Waals surface area contributed by atoms with Crippen molar-refractivity contribution in [1.82, 2.24) is 9.88 Å². The van der Waals surface area contributed by atoms with Gasteiger partial charge in [0, 0.05) is 42.1 Å². The molecule has 3 unspecified atom stereocenters. The largest absolute Gasteiger partial charge is 0.361 e. The number of H-pyrrole nitrogens is 1. The van der Waals surface area contributed by atoms with E-state index >= 15 is 0 Å². The molecule has 0 saturated carbocycles. The quantitative estimate of drug-likeness (QED) is 0.655. The van der Waals surface area contributed by atoms with Crippen LogP contribution in [0.4, 0.5) is 0 Å². The molecule has 1 aromatic heterocycles. The minimum Gasteiger partial charge on any atom is -0.361 e. The smallest absolute Gasteiger partial charge is 0.0459 e. The third kappa shape index (κ3) is 2.06. The minimum absolute atomic E-state index is 0.619. The number of aromatic nitrogens is 1. The molecule has 1 aliphatic heterocycles. The van der Waals surface area contributed by atoms with E-state index in [1.54, 1.807) is 5.56 Å². The van der Waals surface area contributed by atoms with E-state index in [9.17, 15) is 0 Å². The molecule has 21 heavy (non-hydrogen) atoms. The van der Waals surface area contributed by atoms with Crippen LogP contribution < -0.4 is 0 Å². The van der Waals surface area contributed by atoms with Gasteiger partial charge in [-0.05, 0) is 41.7 Å². The van der Waals surface area contributed by atoms with Gasteiger partial charge in [0.05, 0.1) is 0 Å². The van der Waals surface area contributed by atoms with Crippen molar-refractivity contribution in [3.63, 3.8) is 0 Å². The molecular formula is C18H22N2S. The summed E-state index contributed by atoms with van der Waals surface area (Å²) >= 11 is 4.57. The van der Waals surface area contributed by atoms with Gasteiger partial charge >= 0.3 is 0 Å². The molecule has 0 radical (unpaired) electrons. The van der Waals surface area contributed by atoms with Crippen LogP contribution in [0.1, 0.15) is 23.5 Å². The lowest BCUT2D eigenvalue weighted by Crippen LogP contribution is -2.50. The Hall–Kier alpha value is -1.19. The molecule has 2 aliphatic rings. The van der Waals surface area contributed by atoms with Gasteiger partial charge in [-0.1, -0.05) is 18.2 Å². The summed E-state index contributed by atoms with van der Waals surface area (Å²) in [5.41, 5.74) is 4.32. The lowest BCUT2D eigenvalue weighted by Gasteiger charge is -2.46. The summed E-state index contributed by atoms with van der Waals surface area (Å²) in [6.07, 6.45) is 6.69. The van der Waals surface area contributed by atoms with Gasteiger partial charge in [-0.3, -0.25) is 4.90 Å². The highest BCUT2D eigenvalue weighted by molar-refractivity contribution is 7.80. The number of thiol groups is 1. The van der Waals surface area contributed by atoms with Crippen LogP contribution in [0.2, 0.25) is 0 Å². The zero-order valence-electron chi connectivity index (χ0n) is 12.3. The van der Waals surface area contributed by atoms with Crippen LogP contribution in [0.25, 0.3) is 10.9 Å². The first-order valence-corrected chi connectivity index (χ1v) is 8.49. The Balaban J connectivity index is 1.81. The van der Waals surface area contributed by atoms with Gasteiger partial charge in [0.1, 0.15) is 0 Å². The number of likely N-dealkylation sites (tertiary alicyclic amines) is 1. The lowest BCUT2D eigenvalue weighted by molar-refractivity contribution is 0.105. The van der Waals surface area contributed by atoms with Gasteiger partial charge in [0.2, 0.25) is 0 Å². The second-order valence-corrected chi connectivity index (χ2v) is 6.85. The van der Waals surface area contributed by atoms with Crippen molar-refractivity contribution < 1.29 is 0 Å². The lowest BCUT2D eigenvalue weighted by atomic mass is 9.72. The molecule has 2 nitrogen and oxygen atoms in total. The third-order valence-electron chi connectivity index (χ3n) is 5.28. The van der Waals surface area contributed by atoms with E-state index in [1.165, 1.54) is 22.9 Å². The molecule has 2 aromatic rings. The Morgan fingerprint density at radius 3 is 3.14 bits per heavy atom. The Morgan fingerprint density at radius 2 is 2.33 bits per heavy atom. The van der Waals surface area contributed by atoms with E-state index in [2.05, 4.69) is 53.5 Å². The minimum atomic E-state index is 0.619. The third-order valence-corrected chi connectivity index (χ3v) is 5.80. The maximum Gasteiger partial charge on any atom is 0.0459 e.